The highest BCUT2D eigenvalue weighted by Crippen LogP contribution is 2.16. The fraction of sp³-hybridized carbons (Fsp3) is 0.556. The van der Waals surface area contributed by atoms with Gasteiger partial charge in [0.1, 0.15) is 5.82 Å². The Balaban J connectivity index is 1.82. The molecule has 1 aliphatic rings. The Morgan fingerprint density at radius 1 is 1.25 bits per heavy atom. The van der Waals surface area contributed by atoms with Crippen molar-refractivity contribution in [3.63, 3.8) is 0 Å². The molecule has 0 aliphatic carbocycles. The quantitative estimate of drug-likeness (QED) is 0.888. The normalized spacial score (nSPS) is 18.9. The predicted octanol–water partition coefficient (Wildman–Crippen LogP) is 2.39. The van der Waals surface area contributed by atoms with E-state index in [0.717, 1.165) is 19.4 Å². The fourth-order valence-electron chi connectivity index (χ4n) is 2.66. The molecule has 1 aromatic rings. The van der Waals surface area contributed by atoms with Crippen molar-refractivity contribution in [2.75, 3.05) is 25.0 Å². The summed E-state index contributed by atoms with van der Waals surface area (Å²) in [7, 11) is 0. The van der Waals surface area contributed by atoms with Crippen LogP contribution in [-0.2, 0) is 9.59 Å². The smallest absolute Gasteiger partial charge is 0.238 e. The summed E-state index contributed by atoms with van der Waals surface area (Å²) in [5.41, 5.74) is 0.165. The van der Waals surface area contributed by atoms with Crippen molar-refractivity contribution in [3.8, 4) is 0 Å². The molecule has 0 radical (unpaired) electrons. The molecular formula is C18H26FN3O2. The molecule has 0 bridgehead atoms. The van der Waals surface area contributed by atoms with Crippen LogP contribution in [0.25, 0.3) is 0 Å². The van der Waals surface area contributed by atoms with Crippen molar-refractivity contribution < 1.29 is 14.0 Å². The maximum atomic E-state index is 12.9. The van der Waals surface area contributed by atoms with Gasteiger partial charge >= 0.3 is 0 Å². The highest BCUT2D eigenvalue weighted by atomic mass is 19.1. The second-order valence-corrected chi connectivity index (χ2v) is 7.35. The van der Waals surface area contributed by atoms with Gasteiger partial charge in [0.25, 0.3) is 0 Å². The maximum Gasteiger partial charge on any atom is 0.238 e. The Hall–Kier alpha value is -1.95. The molecule has 1 atom stereocenters. The van der Waals surface area contributed by atoms with Crippen molar-refractivity contribution in [1.29, 1.82) is 0 Å². The molecule has 1 saturated heterocycles. The summed E-state index contributed by atoms with van der Waals surface area (Å²) in [6, 6.07) is 5.78. The van der Waals surface area contributed by atoms with E-state index in [1.807, 2.05) is 25.7 Å². The lowest BCUT2D eigenvalue weighted by molar-refractivity contribution is -0.129. The number of anilines is 1. The molecule has 1 aromatic carbocycles. The predicted molar refractivity (Wildman–Crippen MR) is 92.1 cm³/mol. The Bertz CT molecular complexity index is 581. The first-order valence-corrected chi connectivity index (χ1v) is 8.33. The topological polar surface area (TPSA) is 61.4 Å². The molecule has 24 heavy (non-hydrogen) atoms. The van der Waals surface area contributed by atoms with Crippen LogP contribution in [0.4, 0.5) is 10.1 Å². The third-order valence-corrected chi connectivity index (χ3v) is 4.02. The second-order valence-electron chi connectivity index (χ2n) is 7.35. The van der Waals surface area contributed by atoms with Crippen LogP contribution in [0.1, 0.15) is 33.6 Å². The van der Waals surface area contributed by atoms with Crippen LogP contribution in [-0.4, -0.2) is 42.4 Å². The monoisotopic (exact) mass is 335 g/mol. The lowest BCUT2D eigenvalue weighted by Gasteiger charge is -2.34. The highest BCUT2D eigenvalue weighted by molar-refractivity contribution is 5.92. The van der Waals surface area contributed by atoms with Gasteiger partial charge in [-0.1, -0.05) is 20.8 Å². The van der Waals surface area contributed by atoms with E-state index in [1.54, 1.807) is 0 Å². The number of rotatable bonds is 4. The van der Waals surface area contributed by atoms with Crippen molar-refractivity contribution in [2.45, 2.75) is 39.7 Å². The number of piperidine rings is 1. The molecule has 0 aromatic heterocycles. The van der Waals surface area contributed by atoms with E-state index in [1.165, 1.54) is 24.3 Å². The average molecular weight is 335 g/mol. The number of hydrogen-bond donors (Lipinski definition) is 2. The highest BCUT2D eigenvalue weighted by Gasteiger charge is 2.27. The van der Waals surface area contributed by atoms with Crippen LogP contribution in [0.2, 0.25) is 0 Å². The van der Waals surface area contributed by atoms with Gasteiger partial charge in [-0.05, 0) is 43.7 Å². The second kappa shape index (κ2) is 7.75. The maximum absolute atomic E-state index is 12.9. The van der Waals surface area contributed by atoms with Crippen molar-refractivity contribution in [2.24, 2.45) is 5.41 Å². The summed E-state index contributed by atoms with van der Waals surface area (Å²) in [4.78, 5) is 26.2. The Morgan fingerprint density at radius 3 is 2.54 bits per heavy atom. The average Bonchev–Trinajstić information content (AvgIpc) is 2.49. The minimum absolute atomic E-state index is 0.0325. The van der Waals surface area contributed by atoms with Gasteiger partial charge in [-0.25, -0.2) is 4.39 Å². The number of nitrogens with zero attached hydrogens (tertiary/aromatic N) is 1. The molecule has 1 unspecified atom stereocenters. The van der Waals surface area contributed by atoms with E-state index in [0.29, 0.717) is 12.2 Å². The Labute approximate surface area is 142 Å². The molecule has 0 spiro atoms. The number of nitrogens with one attached hydrogen (secondary N) is 2. The first kappa shape index (κ1) is 18.4. The molecule has 5 nitrogen and oxygen atoms in total. The summed E-state index contributed by atoms with van der Waals surface area (Å²) < 4.78 is 12.9. The number of likely N-dealkylation sites (tertiary alicyclic amines) is 1. The third kappa shape index (κ3) is 5.60. The van der Waals surface area contributed by atoms with E-state index in [9.17, 15) is 14.0 Å². The van der Waals surface area contributed by atoms with Crippen molar-refractivity contribution in [1.82, 2.24) is 10.2 Å². The SMILES string of the molecule is CC(C)(C)C(=O)NC1CCCN(CC(=O)Nc2ccc(F)cc2)C1. The van der Waals surface area contributed by atoms with Gasteiger partial charge in [-0.3, -0.25) is 14.5 Å². The summed E-state index contributed by atoms with van der Waals surface area (Å²) in [6.07, 6.45) is 1.87. The van der Waals surface area contributed by atoms with Crippen LogP contribution in [0, 0.1) is 11.2 Å². The van der Waals surface area contributed by atoms with Crippen LogP contribution >= 0.6 is 0 Å². The molecule has 132 valence electrons. The number of amides is 2. The van der Waals surface area contributed by atoms with Crippen LogP contribution < -0.4 is 10.6 Å². The van der Waals surface area contributed by atoms with Crippen LogP contribution in [0.5, 0.6) is 0 Å². The van der Waals surface area contributed by atoms with Gasteiger partial charge in [-0.15, -0.1) is 0 Å². The standard InChI is InChI=1S/C18H26FN3O2/c1-18(2,3)17(24)21-15-5-4-10-22(11-15)12-16(23)20-14-8-6-13(19)7-9-14/h6-9,15H,4-5,10-12H2,1-3H3,(H,20,23)(H,21,24). The first-order valence-electron chi connectivity index (χ1n) is 8.33. The summed E-state index contributed by atoms with van der Waals surface area (Å²) >= 11 is 0. The minimum atomic E-state index is -0.414. The van der Waals surface area contributed by atoms with E-state index >= 15 is 0 Å². The van der Waals surface area contributed by atoms with E-state index in [4.69, 9.17) is 0 Å². The number of hydrogen-bond acceptors (Lipinski definition) is 3. The number of carbonyl (C=O) groups is 2. The molecular weight excluding hydrogens is 309 g/mol. The summed E-state index contributed by atoms with van der Waals surface area (Å²) in [6.45, 7) is 7.42. The molecule has 6 heteroatoms. The molecule has 2 amide bonds. The van der Waals surface area contributed by atoms with E-state index in [-0.39, 0.29) is 30.2 Å². The van der Waals surface area contributed by atoms with Gasteiger partial charge in [-0.2, -0.15) is 0 Å². The third-order valence-electron chi connectivity index (χ3n) is 4.02. The van der Waals surface area contributed by atoms with Crippen LogP contribution in [0.15, 0.2) is 24.3 Å². The van der Waals surface area contributed by atoms with E-state index in [2.05, 4.69) is 10.6 Å². The zero-order valence-corrected chi connectivity index (χ0v) is 14.6. The number of halogens is 1. The van der Waals surface area contributed by atoms with Gasteiger partial charge in [0.2, 0.25) is 11.8 Å². The lowest BCUT2D eigenvalue weighted by atomic mass is 9.94. The van der Waals surface area contributed by atoms with Crippen molar-refractivity contribution in [3.05, 3.63) is 30.1 Å². The zero-order chi connectivity index (χ0) is 17.7. The fourth-order valence-corrected chi connectivity index (χ4v) is 2.66. The summed E-state index contributed by atoms with van der Waals surface area (Å²) in [5, 5.41) is 5.83. The zero-order valence-electron chi connectivity index (χ0n) is 14.6. The first-order chi connectivity index (χ1) is 11.2. The number of benzene rings is 1. The molecule has 2 N–H and O–H groups in total. The van der Waals surface area contributed by atoms with Gasteiger partial charge in [0.15, 0.2) is 0 Å². The minimum Gasteiger partial charge on any atom is -0.352 e. The Kier molecular flexibility index (Phi) is 5.94. The Morgan fingerprint density at radius 2 is 1.92 bits per heavy atom. The van der Waals surface area contributed by atoms with Gasteiger partial charge in [0, 0.05) is 23.7 Å². The molecule has 1 heterocycles. The van der Waals surface area contributed by atoms with Crippen molar-refractivity contribution >= 4 is 17.5 Å². The largest absolute Gasteiger partial charge is 0.352 e. The molecule has 1 aliphatic heterocycles. The summed E-state index contributed by atoms with van der Waals surface area (Å²) in [5.74, 6) is -0.434. The molecule has 1 fully saturated rings. The van der Waals surface area contributed by atoms with Gasteiger partial charge < -0.3 is 10.6 Å². The van der Waals surface area contributed by atoms with Crippen LogP contribution in [0.3, 0.4) is 0 Å². The molecule has 2 rings (SSSR count). The van der Waals surface area contributed by atoms with Gasteiger partial charge in [0.05, 0.1) is 6.54 Å². The van der Waals surface area contributed by atoms with E-state index < -0.39 is 5.41 Å². The number of carbonyl (C=O) groups excluding carboxylic acids is 2. The molecule has 0 saturated carbocycles. The lowest BCUT2D eigenvalue weighted by Crippen LogP contribution is -2.51.